The maximum Gasteiger partial charge on any atom is 0.326 e. The van der Waals surface area contributed by atoms with E-state index in [1.165, 1.54) is 0 Å². The van der Waals surface area contributed by atoms with Crippen LogP contribution in [0.1, 0.15) is 6.42 Å². The summed E-state index contributed by atoms with van der Waals surface area (Å²) < 4.78 is 0. The lowest BCUT2D eigenvalue weighted by atomic mass is 10.1. The van der Waals surface area contributed by atoms with Gasteiger partial charge in [-0.2, -0.15) is 0 Å². The number of benzene rings is 2. The minimum absolute atomic E-state index is 0.259. The van der Waals surface area contributed by atoms with Crippen LogP contribution in [-0.2, 0) is 9.59 Å². The van der Waals surface area contributed by atoms with Crippen LogP contribution in [0.15, 0.2) is 48.5 Å². The van der Waals surface area contributed by atoms with Gasteiger partial charge in [0, 0.05) is 16.0 Å². The predicted molar refractivity (Wildman–Crippen MR) is 97.3 cm³/mol. The van der Waals surface area contributed by atoms with Gasteiger partial charge in [0.15, 0.2) is 5.82 Å². The Labute approximate surface area is 153 Å². The first-order valence-electron chi connectivity index (χ1n) is 7.68. The summed E-state index contributed by atoms with van der Waals surface area (Å²) in [5, 5.41) is 22.1. The van der Waals surface area contributed by atoms with Crippen molar-refractivity contribution in [3.63, 3.8) is 0 Å². The Balaban J connectivity index is 2.09. The molecule has 0 spiro atoms. The summed E-state index contributed by atoms with van der Waals surface area (Å²) in [4.78, 5) is 31.2. The summed E-state index contributed by atoms with van der Waals surface area (Å²) in [6, 6.07) is 12.7. The fourth-order valence-corrected chi connectivity index (χ4v) is 2.58. The molecule has 1 atom stereocenters. The van der Waals surface area contributed by atoms with Gasteiger partial charge in [0.2, 0.25) is 0 Å². The fraction of sp³-hybridized carbons (Fsp3) is 0.111. The quantitative estimate of drug-likeness (QED) is 0.609. The zero-order valence-electron chi connectivity index (χ0n) is 13.4. The van der Waals surface area contributed by atoms with Gasteiger partial charge in [-0.15, -0.1) is 0 Å². The van der Waals surface area contributed by atoms with E-state index in [9.17, 15) is 14.7 Å². The third-order valence-electron chi connectivity index (χ3n) is 3.69. The molecule has 1 aromatic heterocycles. The van der Waals surface area contributed by atoms with Crippen LogP contribution in [0, 0.1) is 0 Å². The number of halogens is 1. The highest BCUT2D eigenvalue weighted by Gasteiger charge is 2.22. The van der Waals surface area contributed by atoms with Crippen LogP contribution in [-0.4, -0.2) is 38.2 Å². The molecule has 0 saturated carbocycles. The van der Waals surface area contributed by atoms with Crippen molar-refractivity contribution in [3.8, 4) is 11.4 Å². The Kier molecular flexibility index (Phi) is 4.99. The second kappa shape index (κ2) is 7.37. The number of para-hydroxylation sites is 1. The molecule has 0 fully saturated rings. The Morgan fingerprint density at radius 2 is 1.73 bits per heavy atom. The van der Waals surface area contributed by atoms with Crippen molar-refractivity contribution in [2.75, 3.05) is 5.32 Å². The van der Waals surface area contributed by atoms with Crippen molar-refractivity contribution in [3.05, 3.63) is 53.6 Å². The Morgan fingerprint density at radius 1 is 1.04 bits per heavy atom. The molecule has 1 unspecified atom stereocenters. The van der Waals surface area contributed by atoms with E-state index in [0.717, 1.165) is 0 Å². The number of anilines is 1. The zero-order valence-corrected chi connectivity index (χ0v) is 14.1. The number of fused-ring (bicyclic) bond motifs is 1. The minimum Gasteiger partial charge on any atom is -0.481 e. The average Bonchev–Trinajstić information content (AvgIpc) is 2.61. The summed E-state index contributed by atoms with van der Waals surface area (Å²) in [6.45, 7) is 0. The highest BCUT2D eigenvalue weighted by Crippen LogP contribution is 2.26. The van der Waals surface area contributed by atoms with E-state index in [4.69, 9.17) is 16.7 Å². The van der Waals surface area contributed by atoms with Gasteiger partial charge in [-0.1, -0.05) is 23.7 Å². The topological polar surface area (TPSA) is 112 Å². The number of carbonyl (C=O) groups is 2. The van der Waals surface area contributed by atoms with Gasteiger partial charge in [0.1, 0.15) is 11.9 Å². The minimum atomic E-state index is -1.32. The van der Waals surface area contributed by atoms with Gasteiger partial charge < -0.3 is 15.5 Å². The molecular weight excluding hydrogens is 358 g/mol. The lowest BCUT2D eigenvalue weighted by molar-refractivity contribution is -0.144. The summed E-state index contributed by atoms with van der Waals surface area (Å²) in [5.74, 6) is -1.86. The van der Waals surface area contributed by atoms with Crippen LogP contribution in [0.4, 0.5) is 5.82 Å². The monoisotopic (exact) mass is 371 g/mol. The number of aromatic nitrogens is 2. The van der Waals surface area contributed by atoms with Crippen molar-refractivity contribution in [2.45, 2.75) is 12.5 Å². The molecule has 8 heteroatoms. The first kappa shape index (κ1) is 17.6. The molecule has 3 aromatic rings. The van der Waals surface area contributed by atoms with Crippen LogP contribution < -0.4 is 5.32 Å². The van der Waals surface area contributed by atoms with Gasteiger partial charge in [-0.3, -0.25) is 4.79 Å². The molecule has 0 aliphatic carbocycles. The average molecular weight is 372 g/mol. The summed E-state index contributed by atoms with van der Waals surface area (Å²) in [7, 11) is 0. The largest absolute Gasteiger partial charge is 0.481 e. The van der Waals surface area contributed by atoms with Gasteiger partial charge in [0.25, 0.3) is 0 Å². The molecule has 0 amide bonds. The number of rotatable bonds is 6. The lowest BCUT2D eigenvalue weighted by Crippen LogP contribution is -2.32. The van der Waals surface area contributed by atoms with Crippen LogP contribution in [0.3, 0.4) is 0 Å². The molecule has 0 bridgehead atoms. The summed E-state index contributed by atoms with van der Waals surface area (Å²) in [6.07, 6.45) is -0.579. The van der Waals surface area contributed by atoms with Crippen LogP contribution in [0.25, 0.3) is 22.3 Å². The normalized spacial score (nSPS) is 11.9. The third kappa shape index (κ3) is 3.89. The highest BCUT2D eigenvalue weighted by molar-refractivity contribution is 6.30. The SMILES string of the molecule is O=C(O)CC(Nc1nc(-c2ccc(Cl)cc2)nc2ccccc12)C(=O)O. The van der Waals surface area contributed by atoms with E-state index in [2.05, 4.69) is 15.3 Å². The van der Waals surface area contributed by atoms with Gasteiger partial charge in [-0.25, -0.2) is 14.8 Å². The number of hydrogen-bond acceptors (Lipinski definition) is 5. The summed E-state index contributed by atoms with van der Waals surface area (Å²) >= 11 is 5.90. The molecule has 7 nitrogen and oxygen atoms in total. The van der Waals surface area contributed by atoms with E-state index in [1.54, 1.807) is 48.5 Å². The van der Waals surface area contributed by atoms with Gasteiger partial charge in [0.05, 0.1) is 11.9 Å². The van der Waals surface area contributed by atoms with Crippen LogP contribution in [0.2, 0.25) is 5.02 Å². The smallest absolute Gasteiger partial charge is 0.326 e. The molecule has 3 rings (SSSR count). The lowest BCUT2D eigenvalue weighted by Gasteiger charge is -2.15. The predicted octanol–water partition coefficient (Wildman–Crippen LogP) is 3.29. The van der Waals surface area contributed by atoms with Crippen molar-refractivity contribution in [1.82, 2.24) is 9.97 Å². The summed E-state index contributed by atoms with van der Waals surface area (Å²) in [5.41, 5.74) is 1.31. The van der Waals surface area contributed by atoms with Crippen molar-refractivity contribution >= 4 is 40.3 Å². The molecule has 2 aromatic carbocycles. The first-order valence-corrected chi connectivity index (χ1v) is 8.05. The maximum atomic E-state index is 11.4. The number of hydrogen-bond donors (Lipinski definition) is 3. The molecule has 0 aliphatic rings. The fourth-order valence-electron chi connectivity index (χ4n) is 2.45. The molecule has 3 N–H and O–H groups in total. The zero-order chi connectivity index (χ0) is 18.7. The van der Waals surface area contributed by atoms with Gasteiger partial charge >= 0.3 is 11.9 Å². The van der Waals surface area contributed by atoms with E-state index in [-0.39, 0.29) is 5.82 Å². The number of carboxylic acid groups (broad SMARTS) is 2. The van der Waals surface area contributed by atoms with E-state index < -0.39 is 24.4 Å². The van der Waals surface area contributed by atoms with Crippen LogP contribution in [0.5, 0.6) is 0 Å². The molecular formula is C18H14ClN3O4. The van der Waals surface area contributed by atoms with Gasteiger partial charge in [-0.05, 0) is 36.4 Å². The second-order valence-corrected chi connectivity index (χ2v) is 5.99. The molecule has 0 saturated heterocycles. The molecule has 132 valence electrons. The Morgan fingerprint density at radius 3 is 2.38 bits per heavy atom. The molecule has 0 aliphatic heterocycles. The standard InChI is InChI=1S/C18H14ClN3O4/c19-11-7-5-10(6-8-11)16-20-13-4-2-1-3-12(13)17(22-16)21-14(18(25)26)9-15(23)24/h1-8,14H,9H2,(H,23,24)(H,25,26)(H,20,21,22). The van der Waals surface area contributed by atoms with Crippen molar-refractivity contribution in [2.24, 2.45) is 0 Å². The van der Waals surface area contributed by atoms with Crippen molar-refractivity contribution in [1.29, 1.82) is 0 Å². The van der Waals surface area contributed by atoms with E-state index >= 15 is 0 Å². The first-order chi connectivity index (χ1) is 12.4. The number of carboxylic acids is 2. The van der Waals surface area contributed by atoms with E-state index in [0.29, 0.717) is 27.3 Å². The number of nitrogens with one attached hydrogen (secondary N) is 1. The number of aliphatic carboxylic acids is 2. The van der Waals surface area contributed by atoms with E-state index in [1.807, 2.05) is 0 Å². The highest BCUT2D eigenvalue weighted by atomic mass is 35.5. The molecule has 1 heterocycles. The third-order valence-corrected chi connectivity index (χ3v) is 3.95. The molecule has 26 heavy (non-hydrogen) atoms. The Bertz CT molecular complexity index is 976. The Hall–Kier alpha value is -3.19. The maximum absolute atomic E-state index is 11.4. The number of nitrogens with zero attached hydrogens (tertiary/aromatic N) is 2. The van der Waals surface area contributed by atoms with Crippen molar-refractivity contribution < 1.29 is 19.8 Å². The van der Waals surface area contributed by atoms with Crippen LogP contribution >= 0.6 is 11.6 Å². The second-order valence-electron chi connectivity index (χ2n) is 5.55. The molecule has 0 radical (unpaired) electrons.